The highest BCUT2D eigenvalue weighted by Gasteiger charge is 2.60. The second-order valence-electron chi connectivity index (χ2n) is 15.8. The summed E-state index contributed by atoms with van der Waals surface area (Å²) < 4.78 is 11.5. The summed E-state index contributed by atoms with van der Waals surface area (Å²) in [5, 5.41) is 5.89. The zero-order valence-corrected chi connectivity index (χ0v) is 29.8. The third-order valence-electron chi connectivity index (χ3n) is 10.7. The second-order valence-corrected chi connectivity index (χ2v) is 15.8. The van der Waals surface area contributed by atoms with E-state index in [-0.39, 0.29) is 41.7 Å². The van der Waals surface area contributed by atoms with Gasteiger partial charge in [-0.25, -0.2) is 9.59 Å². The van der Waals surface area contributed by atoms with Crippen LogP contribution < -0.4 is 10.6 Å². The van der Waals surface area contributed by atoms with E-state index in [1.165, 1.54) is 4.90 Å². The number of allylic oxidation sites excluding steroid dienone is 2. The van der Waals surface area contributed by atoms with Crippen LogP contribution in [0.15, 0.2) is 30.4 Å². The fourth-order valence-electron chi connectivity index (χ4n) is 7.62. The van der Waals surface area contributed by atoms with Crippen molar-refractivity contribution in [3.05, 3.63) is 47.0 Å². The Kier molecular flexibility index (Phi) is 11.3. The molecule has 1 saturated heterocycles. The lowest BCUT2D eigenvalue weighted by molar-refractivity contribution is -0.140. The van der Waals surface area contributed by atoms with Crippen LogP contribution in [-0.4, -0.2) is 76.5 Å². The molecule has 5 aliphatic rings. The quantitative estimate of drug-likeness (QED) is 0.390. The number of hydrogen-bond acceptors (Lipinski definition) is 7. The molecule has 1 aromatic carbocycles. The maximum Gasteiger partial charge on any atom is 0.410 e. The summed E-state index contributed by atoms with van der Waals surface area (Å²) in [6.07, 6.45) is 8.89. The van der Waals surface area contributed by atoms with E-state index in [1.54, 1.807) is 25.7 Å². The fraction of sp³-hybridized carbons (Fsp3) is 0.658. The van der Waals surface area contributed by atoms with Crippen molar-refractivity contribution in [1.29, 1.82) is 0 Å². The van der Waals surface area contributed by atoms with E-state index in [9.17, 15) is 24.0 Å². The van der Waals surface area contributed by atoms with Crippen molar-refractivity contribution in [3.8, 4) is 0 Å². The molecule has 2 saturated carbocycles. The zero-order valence-electron chi connectivity index (χ0n) is 29.8. The van der Waals surface area contributed by atoms with Crippen molar-refractivity contribution in [3.63, 3.8) is 0 Å². The van der Waals surface area contributed by atoms with Crippen LogP contribution in [0.3, 0.4) is 0 Å². The van der Waals surface area contributed by atoms with Crippen molar-refractivity contribution in [1.82, 2.24) is 20.4 Å². The van der Waals surface area contributed by atoms with Crippen molar-refractivity contribution >= 4 is 29.8 Å². The number of aryl methyl sites for hydroxylation is 1. The average molecular weight is 697 g/mol. The number of hydrogen-bond donors (Lipinski definition) is 2. The number of nitrogens with zero attached hydrogens (tertiary/aromatic N) is 2. The number of nitrogens with one attached hydrogen (secondary N) is 2. The zero-order chi connectivity index (χ0) is 34.9. The number of Topliss-reactive ketones (excluding diaryl/α,β-unsaturated/α-hetero) is 1. The van der Waals surface area contributed by atoms with Gasteiger partial charge in [0.1, 0.15) is 17.7 Å². The highest BCUT2D eigenvalue weighted by molar-refractivity contribution is 5.97. The van der Waals surface area contributed by atoms with Crippen molar-refractivity contribution in [2.24, 2.45) is 17.3 Å². The molecule has 2 aliphatic carbocycles. The molecule has 4 amide bonds. The van der Waals surface area contributed by atoms with Gasteiger partial charge in [0.2, 0.25) is 11.8 Å². The Hall–Kier alpha value is -3.96. The first kappa shape index (κ1) is 37.3. The highest BCUT2D eigenvalue weighted by atomic mass is 19.0. The first-order valence-electron chi connectivity index (χ1n) is 18.1. The summed E-state index contributed by atoms with van der Waals surface area (Å²) in [5.74, 6) is -0.258. The Labute approximate surface area is 294 Å². The molecule has 0 radical (unpaired) electrons. The molecule has 3 heterocycles. The topological polar surface area (TPSA) is 134 Å². The molecule has 274 valence electrons. The maximum atomic E-state index is 14.3. The summed E-state index contributed by atoms with van der Waals surface area (Å²) in [6, 6.07) is 4.20. The molecule has 3 aliphatic heterocycles. The molecule has 11 nitrogen and oxygen atoms in total. The Morgan fingerprint density at radius 2 is 1.82 bits per heavy atom. The molecule has 5 atom stereocenters. The van der Waals surface area contributed by atoms with Crippen LogP contribution >= 0.6 is 0 Å². The lowest BCUT2D eigenvalue weighted by Crippen LogP contribution is -2.53. The van der Waals surface area contributed by atoms with E-state index in [4.69, 9.17) is 9.47 Å². The van der Waals surface area contributed by atoms with Crippen LogP contribution in [0.2, 0.25) is 0 Å². The predicted molar refractivity (Wildman–Crippen MR) is 185 cm³/mol. The number of amides is 4. The Morgan fingerprint density at radius 1 is 1.04 bits per heavy atom. The third-order valence-corrected chi connectivity index (χ3v) is 10.7. The molecule has 2 N–H and O–H groups in total. The third kappa shape index (κ3) is 8.66. The van der Waals surface area contributed by atoms with Crippen molar-refractivity contribution in [2.45, 2.75) is 129 Å². The summed E-state index contributed by atoms with van der Waals surface area (Å²) >= 11 is 0. The Bertz CT molecular complexity index is 1500. The number of halogens is 1. The average Bonchev–Trinajstić information content (AvgIpc) is 3.89. The molecule has 0 bridgehead atoms. The smallest absolute Gasteiger partial charge is 0.410 e. The monoisotopic (exact) mass is 696 g/mol. The summed E-state index contributed by atoms with van der Waals surface area (Å²) in [7, 11) is 0. The van der Waals surface area contributed by atoms with Crippen LogP contribution in [-0.2, 0) is 36.9 Å². The molecule has 1 aromatic rings. The number of fused-ring (bicyclic) bond motifs is 3. The van der Waals surface area contributed by atoms with E-state index >= 15 is 0 Å². The van der Waals surface area contributed by atoms with Gasteiger partial charge in [0.15, 0.2) is 5.78 Å². The molecule has 0 spiro atoms. The standard InChI is InChI=1S/C38H52N4O7.FH/c1-24-11-10-12-26-21-41(23-29(24)26)36(47)48-28-17-31-32(43)19-38(34(45)39-20-25-15-16-25)18-27(38)13-8-6-5-7-9-14-30(33(44)42(31)22-28)40-35(46)49-37(2,3)4;/h8,10-13,25,27-28,30-31H,5-7,9,14-23H2,1-4H3,(H,39,45)(H,40,46);1H/b13-8-;/t27-,28-,30+,31+,38-;/m1./s1. The normalized spacial score (nSPS) is 28.9. The molecular formula is C38H53FN4O7. The Morgan fingerprint density at radius 3 is 2.54 bits per heavy atom. The minimum absolute atomic E-state index is 0. The van der Waals surface area contributed by atoms with Crippen LogP contribution in [0.5, 0.6) is 0 Å². The van der Waals surface area contributed by atoms with Crippen molar-refractivity contribution in [2.75, 3.05) is 13.1 Å². The molecule has 0 aromatic heterocycles. The number of ether oxygens (including phenoxy) is 2. The van der Waals surface area contributed by atoms with Crippen LogP contribution in [0, 0.1) is 24.2 Å². The molecule has 3 fully saturated rings. The minimum Gasteiger partial charge on any atom is -0.444 e. The Balaban J connectivity index is 0.00000486. The number of benzene rings is 1. The molecule has 6 rings (SSSR count). The van der Waals surface area contributed by atoms with Gasteiger partial charge >= 0.3 is 12.2 Å². The van der Waals surface area contributed by atoms with E-state index in [0.717, 1.165) is 48.8 Å². The summed E-state index contributed by atoms with van der Waals surface area (Å²) in [4.78, 5) is 71.8. The van der Waals surface area contributed by atoms with Gasteiger partial charge in [-0.3, -0.25) is 24.0 Å². The second kappa shape index (κ2) is 15.1. The summed E-state index contributed by atoms with van der Waals surface area (Å²) in [5.41, 5.74) is 1.70. The van der Waals surface area contributed by atoms with E-state index in [1.807, 2.05) is 25.1 Å². The first-order chi connectivity index (χ1) is 23.3. The van der Waals surface area contributed by atoms with Crippen LogP contribution in [0.1, 0.15) is 102 Å². The van der Waals surface area contributed by atoms with E-state index < -0.39 is 47.3 Å². The lowest BCUT2D eigenvalue weighted by Gasteiger charge is -2.30. The number of ketones is 1. The largest absolute Gasteiger partial charge is 0.444 e. The molecule has 50 heavy (non-hydrogen) atoms. The first-order valence-corrected chi connectivity index (χ1v) is 18.1. The van der Waals surface area contributed by atoms with Gasteiger partial charge in [0.25, 0.3) is 0 Å². The van der Waals surface area contributed by atoms with Gasteiger partial charge in [-0.2, -0.15) is 0 Å². The number of carbonyl (C=O) groups excluding carboxylic acids is 5. The lowest BCUT2D eigenvalue weighted by atomic mass is 9.90. The van der Waals surface area contributed by atoms with Crippen molar-refractivity contribution < 1.29 is 38.2 Å². The molecule has 12 heteroatoms. The van der Waals surface area contributed by atoms with E-state index in [2.05, 4.69) is 22.8 Å². The minimum atomic E-state index is -0.916. The fourth-order valence-corrected chi connectivity index (χ4v) is 7.62. The maximum absolute atomic E-state index is 14.3. The molecular weight excluding hydrogens is 643 g/mol. The molecule has 0 unspecified atom stereocenters. The van der Waals surface area contributed by atoms with Gasteiger partial charge < -0.3 is 25.0 Å². The predicted octanol–water partition coefficient (Wildman–Crippen LogP) is 5.47. The van der Waals surface area contributed by atoms with Crippen LogP contribution in [0.25, 0.3) is 0 Å². The van der Waals surface area contributed by atoms with Gasteiger partial charge in [-0.15, -0.1) is 0 Å². The van der Waals surface area contributed by atoms with Gasteiger partial charge in [0, 0.05) is 32.5 Å². The number of rotatable bonds is 5. The van der Waals surface area contributed by atoms with Crippen LogP contribution in [0.4, 0.5) is 14.3 Å². The van der Waals surface area contributed by atoms with Gasteiger partial charge in [-0.1, -0.05) is 43.2 Å². The highest BCUT2D eigenvalue weighted by Crippen LogP contribution is 2.57. The van der Waals surface area contributed by atoms with Gasteiger partial charge in [-0.05, 0) is 94.7 Å². The summed E-state index contributed by atoms with van der Waals surface area (Å²) in [6.45, 7) is 8.81. The number of carbonyl (C=O) groups is 5. The number of alkyl carbamates (subject to hydrolysis) is 1. The van der Waals surface area contributed by atoms with Gasteiger partial charge in [0.05, 0.1) is 18.0 Å². The van der Waals surface area contributed by atoms with E-state index in [0.29, 0.717) is 44.8 Å². The SMILES string of the molecule is Cc1cccc2c1CN(C(=O)O[C@@H]1C[C@H]3C(=O)C[C@]4(C(=O)NCC5CC5)C[C@H]4/C=C\CCCCC[C@H](NC(=O)OC(C)(C)C)C(=O)N3C1)C2.F.